The van der Waals surface area contributed by atoms with Gasteiger partial charge in [-0.1, -0.05) is 13.0 Å². The molecule has 1 aliphatic carbocycles. The minimum atomic E-state index is -2.28. The van der Waals surface area contributed by atoms with E-state index < -0.39 is 8.18 Å². The van der Waals surface area contributed by atoms with Crippen LogP contribution in [0.3, 0.4) is 0 Å². The summed E-state index contributed by atoms with van der Waals surface area (Å²) < 4.78 is 16.6. The number of aryl methyl sites for hydroxylation is 1. The Morgan fingerprint density at radius 3 is 2.64 bits per heavy atom. The summed E-state index contributed by atoms with van der Waals surface area (Å²) in [5.74, 6) is 0.443. The van der Waals surface area contributed by atoms with Crippen LogP contribution < -0.4 is 10.4 Å². The van der Waals surface area contributed by atoms with Crippen molar-refractivity contribution in [2.45, 2.75) is 32.6 Å². The smallest absolute Gasteiger partial charge is 0.282 e. The van der Waals surface area contributed by atoms with Gasteiger partial charge in [0.1, 0.15) is 0 Å². The van der Waals surface area contributed by atoms with Crippen LogP contribution in [0.25, 0.3) is 0 Å². The van der Waals surface area contributed by atoms with Gasteiger partial charge >= 0.3 is 0 Å². The van der Waals surface area contributed by atoms with E-state index >= 15 is 0 Å². The molecular weight excluding hydrogens is 335 g/mol. The van der Waals surface area contributed by atoms with Crippen molar-refractivity contribution in [1.82, 2.24) is 0 Å². The van der Waals surface area contributed by atoms with Crippen LogP contribution in [-0.4, -0.2) is 12.5 Å². The third kappa shape index (κ3) is 4.30. The first-order chi connectivity index (χ1) is 12.1. The van der Waals surface area contributed by atoms with Crippen LogP contribution in [0, 0.1) is 0 Å². The zero-order valence-corrected chi connectivity index (χ0v) is 15.5. The molecule has 0 radical (unpaired) electrons. The van der Waals surface area contributed by atoms with Crippen molar-refractivity contribution < 1.29 is 13.9 Å². The predicted octanol–water partition coefficient (Wildman–Crippen LogP) is 4.83. The van der Waals surface area contributed by atoms with Gasteiger partial charge in [-0.15, -0.1) is 0 Å². The van der Waals surface area contributed by atoms with E-state index in [9.17, 15) is 9.36 Å². The van der Waals surface area contributed by atoms with Crippen LogP contribution in [0.15, 0.2) is 42.5 Å². The summed E-state index contributed by atoms with van der Waals surface area (Å²) in [5.41, 5.74) is 4.75. The van der Waals surface area contributed by atoms with E-state index in [-0.39, 0.29) is 5.91 Å². The van der Waals surface area contributed by atoms with Crippen LogP contribution >= 0.6 is 8.18 Å². The van der Waals surface area contributed by atoms with Crippen molar-refractivity contribution in [2.75, 3.05) is 17.0 Å². The molecule has 0 fully saturated rings. The molecule has 1 aliphatic rings. The second kappa shape index (κ2) is 7.85. The molecule has 1 amide bonds. The number of amides is 1. The van der Waals surface area contributed by atoms with Gasteiger partial charge in [0.2, 0.25) is 0 Å². The molecule has 2 unspecified atom stereocenters. The molecule has 0 aromatic heterocycles. The first kappa shape index (κ1) is 17.7. The molecule has 2 atom stereocenters. The fraction of sp³-hybridized carbons (Fsp3) is 0.316. The SMILES string of the molecule is CCO[PH](=O)Nc1ccc(C(=O)Nc2ccc3c(c2)CCC3C)cc1. The van der Waals surface area contributed by atoms with E-state index in [4.69, 9.17) is 4.52 Å². The predicted molar refractivity (Wildman–Crippen MR) is 102 cm³/mol. The van der Waals surface area contributed by atoms with E-state index in [0.717, 1.165) is 12.1 Å². The normalized spacial score (nSPS) is 17.0. The quantitative estimate of drug-likeness (QED) is 0.726. The first-order valence-corrected chi connectivity index (χ1v) is 9.86. The molecule has 2 aromatic carbocycles. The monoisotopic (exact) mass is 358 g/mol. The van der Waals surface area contributed by atoms with Gasteiger partial charge in [-0.2, -0.15) is 0 Å². The first-order valence-electron chi connectivity index (χ1n) is 8.55. The number of benzene rings is 2. The Morgan fingerprint density at radius 1 is 1.20 bits per heavy atom. The largest absolute Gasteiger partial charge is 0.322 e. The Hall–Kier alpha value is -2.10. The Kier molecular flexibility index (Phi) is 5.57. The fourth-order valence-electron chi connectivity index (χ4n) is 3.10. The summed E-state index contributed by atoms with van der Waals surface area (Å²) in [6.45, 7) is 4.42. The van der Waals surface area contributed by atoms with Gasteiger partial charge in [0.25, 0.3) is 14.1 Å². The maximum atomic E-state index is 12.4. The topological polar surface area (TPSA) is 67.4 Å². The van der Waals surface area contributed by atoms with Crippen molar-refractivity contribution >= 4 is 25.5 Å². The van der Waals surface area contributed by atoms with Gasteiger partial charge in [-0.3, -0.25) is 9.36 Å². The summed E-state index contributed by atoms with van der Waals surface area (Å²) in [6, 6.07) is 13.0. The molecule has 0 bridgehead atoms. The molecule has 5 nitrogen and oxygen atoms in total. The number of nitrogens with one attached hydrogen (secondary N) is 2. The number of anilines is 2. The van der Waals surface area contributed by atoms with Crippen LogP contribution in [-0.2, 0) is 15.5 Å². The fourth-order valence-corrected chi connectivity index (χ4v) is 3.84. The van der Waals surface area contributed by atoms with Gasteiger partial charge in [-0.05, 0) is 73.2 Å². The maximum Gasteiger partial charge on any atom is 0.282 e. The van der Waals surface area contributed by atoms with Crippen molar-refractivity contribution in [2.24, 2.45) is 0 Å². The molecule has 0 saturated carbocycles. The van der Waals surface area contributed by atoms with Crippen molar-refractivity contribution in [1.29, 1.82) is 0 Å². The second-order valence-electron chi connectivity index (χ2n) is 6.23. The van der Waals surface area contributed by atoms with Crippen LogP contribution in [0.5, 0.6) is 0 Å². The van der Waals surface area contributed by atoms with Crippen LogP contribution in [0.4, 0.5) is 11.4 Å². The van der Waals surface area contributed by atoms with Gasteiger partial charge in [0.15, 0.2) is 0 Å². The summed E-state index contributed by atoms with van der Waals surface area (Å²) >= 11 is 0. The zero-order valence-electron chi connectivity index (χ0n) is 14.5. The Labute approximate surface area is 148 Å². The molecule has 132 valence electrons. The summed E-state index contributed by atoms with van der Waals surface area (Å²) in [4.78, 5) is 12.4. The number of fused-ring (bicyclic) bond motifs is 1. The average molecular weight is 358 g/mol. The number of carbonyl (C=O) groups excluding carboxylic acids is 1. The van der Waals surface area contributed by atoms with E-state index in [1.165, 1.54) is 17.5 Å². The molecule has 6 heteroatoms. The highest BCUT2D eigenvalue weighted by Crippen LogP contribution is 2.34. The van der Waals surface area contributed by atoms with Gasteiger partial charge in [-0.25, -0.2) is 0 Å². The number of rotatable bonds is 6. The van der Waals surface area contributed by atoms with Gasteiger partial charge in [0.05, 0.1) is 6.61 Å². The number of carbonyl (C=O) groups is 1. The molecule has 25 heavy (non-hydrogen) atoms. The van der Waals surface area contributed by atoms with E-state index in [1.54, 1.807) is 31.2 Å². The molecule has 3 rings (SSSR count). The molecule has 0 heterocycles. The van der Waals surface area contributed by atoms with E-state index in [1.807, 2.05) is 6.07 Å². The van der Waals surface area contributed by atoms with Gasteiger partial charge in [0, 0.05) is 16.9 Å². The minimum Gasteiger partial charge on any atom is -0.322 e. The highest BCUT2D eigenvalue weighted by Gasteiger charge is 2.18. The summed E-state index contributed by atoms with van der Waals surface area (Å²) in [6.07, 6.45) is 2.24. The summed E-state index contributed by atoms with van der Waals surface area (Å²) in [5, 5.41) is 5.73. The average Bonchev–Trinajstić information content (AvgIpc) is 2.96. The minimum absolute atomic E-state index is 0.157. The molecule has 2 aromatic rings. The third-order valence-corrected chi connectivity index (χ3v) is 5.49. The van der Waals surface area contributed by atoms with Crippen molar-refractivity contribution in [3.05, 3.63) is 59.2 Å². The lowest BCUT2D eigenvalue weighted by atomic mass is 10.0. The molecule has 0 saturated heterocycles. The Bertz CT molecular complexity index is 790. The molecule has 0 aliphatic heterocycles. The highest BCUT2D eigenvalue weighted by molar-refractivity contribution is 7.40. The van der Waals surface area contributed by atoms with E-state index in [2.05, 4.69) is 29.5 Å². The standard InChI is InChI=1S/C19H23N2O3P/c1-3-24-25(23)21-16-8-6-14(7-9-16)19(22)20-17-10-11-18-13(2)4-5-15(18)12-17/h6-13,25H,3-5H2,1-2H3,(H,20,22)(H,21,23). The lowest BCUT2D eigenvalue weighted by molar-refractivity contribution is 0.102. The number of hydrogen-bond donors (Lipinski definition) is 2. The Morgan fingerprint density at radius 2 is 1.92 bits per heavy atom. The van der Waals surface area contributed by atoms with E-state index in [0.29, 0.717) is 23.8 Å². The summed E-state index contributed by atoms with van der Waals surface area (Å²) in [7, 11) is -2.28. The van der Waals surface area contributed by atoms with Crippen molar-refractivity contribution in [3.8, 4) is 0 Å². The molecule has 2 N–H and O–H groups in total. The maximum absolute atomic E-state index is 12.4. The number of hydrogen-bond acceptors (Lipinski definition) is 3. The Balaban J connectivity index is 1.64. The van der Waals surface area contributed by atoms with Crippen LogP contribution in [0.1, 0.15) is 47.7 Å². The molecular formula is C19H23N2O3P. The van der Waals surface area contributed by atoms with Crippen molar-refractivity contribution in [3.63, 3.8) is 0 Å². The second-order valence-corrected chi connectivity index (χ2v) is 7.34. The lowest BCUT2D eigenvalue weighted by Gasteiger charge is -2.10. The third-order valence-electron chi connectivity index (χ3n) is 4.45. The molecule has 0 spiro atoms. The van der Waals surface area contributed by atoms with Gasteiger partial charge < -0.3 is 14.9 Å². The highest BCUT2D eigenvalue weighted by atomic mass is 31.1. The zero-order chi connectivity index (χ0) is 17.8. The lowest BCUT2D eigenvalue weighted by Crippen LogP contribution is -2.12. The van der Waals surface area contributed by atoms with Crippen LogP contribution in [0.2, 0.25) is 0 Å².